The van der Waals surface area contributed by atoms with Crippen LogP contribution in [0.25, 0.3) is 33.8 Å². The number of ether oxygens (including phenoxy) is 2. The van der Waals surface area contributed by atoms with Gasteiger partial charge in [-0.1, -0.05) is 70.7 Å². The highest BCUT2D eigenvalue weighted by atomic mass is 35.5. The quantitative estimate of drug-likeness (QED) is 0.183. The van der Waals surface area contributed by atoms with Crippen LogP contribution in [-0.2, 0) is 9.59 Å². The SMILES string of the molecule is CN1C(=O)C(NC(=O)c2ncc(Cl)c(-c3cccc(Cl)c3)n2)COc2cc(F)c(-c3ccc(-c4nc(C(=O)N[C@H]5COc6cc(F)cnc6N(C)C5=O)ncc4Cl)c(Cl)c3)nc21. The Kier molecular flexibility index (Phi) is 11.6. The number of carbonyl (C=O) groups is 4. The van der Waals surface area contributed by atoms with Gasteiger partial charge in [0.25, 0.3) is 23.6 Å². The smallest absolute Gasteiger partial charge is 0.289 e. The second-order valence-corrected chi connectivity index (χ2v) is 15.2. The van der Waals surface area contributed by atoms with Gasteiger partial charge in [-0.15, -0.1) is 0 Å². The molecule has 8 rings (SSSR count). The molecular weight excluding hydrogens is 896 g/mol. The summed E-state index contributed by atoms with van der Waals surface area (Å²) < 4.78 is 40.9. The van der Waals surface area contributed by atoms with Crippen LogP contribution in [0.2, 0.25) is 20.1 Å². The molecular formula is C40H26Cl4F2N10O6. The number of nitrogens with zero attached hydrogens (tertiary/aromatic N) is 8. The fourth-order valence-corrected chi connectivity index (χ4v) is 7.29. The van der Waals surface area contributed by atoms with E-state index in [1.54, 1.807) is 24.3 Å². The molecule has 0 bridgehead atoms. The minimum Gasteiger partial charge on any atom is -0.487 e. The zero-order valence-corrected chi connectivity index (χ0v) is 34.8. The van der Waals surface area contributed by atoms with Crippen LogP contribution in [-0.4, -0.2) is 92.9 Å². The van der Waals surface area contributed by atoms with Gasteiger partial charge in [-0.3, -0.25) is 29.0 Å². The topological polar surface area (TPSA) is 195 Å². The highest BCUT2D eigenvalue weighted by molar-refractivity contribution is 6.36. The summed E-state index contributed by atoms with van der Waals surface area (Å²) in [4.78, 5) is 80.6. The van der Waals surface area contributed by atoms with Gasteiger partial charge in [0.1, 0.15) is 36.8 Å². The van der Waals surface area contributed by atoms with Crippen molar-refractivity contribution in [2.75, 3.05) is 37.1 Å². The zero-order chi connectivity index (χ0) is 44.0. The predicted octanol–water partition coefficient (Wildman–Crippen LogP) is 6.26. The molecule has 6 heterocycles. The first-order valence-electron chi connectivity index (χ1n) is 18.1. The maximum absolute atomic E-state index is 15.8. The Morgan fingerprint density at radius 2 is 1.24 bits per heavy atom. The van der Waals surface area contributed by atoms with Crippen molar-refractivity contribution in [3.05, 3.63) is 117 Å². The lowest BCUT2D eigenvalue weighted by atomic mass is 10.1. The summed E-state index contributed by atoms with van der Waals surface area (Å²) >= 11 is 25.6. The fourth-order valence-electron chi connectivity index (χ4n) is 6.44. The van der Waals surface area contributed by atoms with E-state index in [1.807, 2.05) is 0 Å². The van der Waals surface area contributed by atoms with Gasteiger partial charge < -0.3 is 20.1 Å². The van der Waals surface area contributed by atoms with E-state index in [2.05, 4.69) is 40.5 Å². The van der Waals surface area contributed by atoms with Crippen molar-refractivity contribution >= 4 is 81.7 Å². The van der Waals surface area contributed by atoms with E-state index in [-0.39, 0.29) is 91.3 Å². The molecule has 2 aliphatic heterocycles. The van der Waals surface area contributed by atoms with Crippen molar-refractivity contribution in [2.45, 2.75) is 12.1 Å². The molecule has 0 radical (unpaired) electrons. The zero-order valence-electron chi connectivity index (χ0n) is 31.8. The van der Waals surface area contributed by atoms with Gasteiger partial charge in [0, 0.05) is 47.9 Å². The van der Waals surface area contributed by atoms with Crippen LogP contribution in [0.5, 0.6) is 11.5 Å². The first-order valence-corrected chi connectivity index (χ1v) is 19.6. The number of likely N-dealkylation sites (N-methyl/N-ethyl adjacent to an activating group) is 2. The maximum Gasteiger partial charge on any atom is 0.289 e. The molecule has 4 amide bonds. The molecule has 22 heteroatoms. The molecule has 0 fully saturated rings. The first kappa shape index (κ1) is 42.1. The Morgan fingerprint density at radius 3 is 1.87 bits per heavy atom. The molecule has 0 aliphatic carbocycles. The molecule has 2 atom stereocenters. The molecule has 6 aromatic rings. The number of fused-ring (bicyclic) bond motifs is 2. The Morgan fingerprint density at radius 1 is 0.661 bits per heavy atom. The number of nitrogens with one attached hydrogen (secondary N) is 2. The van der Waals surface area contributed by atoms with Gasteiger partial charge in [0.15, 0.2) is 29.0 Å². The number of anilines is 2. The average molecular weight is 923 g/mol. The van der Waals surface area contributed by atoms with E-state index in [0.717, 1.165) is 28.1 Å². The lowest BCUT2D eigenvalue weighted by Crippen LogP contribution is -2.49. The molecule has 4 aromatic heterocycles. The normalized spacial score (nSPS) is 16.0. The third-order valence-corrected chi connectivity index (χ3v) is 10.6. The van der Waals surface area contributed by atoms with Gasteiger partial charge >= 0.3 is 0 Å². The molecule has 314 valence electrons. The molecule has 2 aliphatic rings. The number of aromatic nitrogens is 6. The van der Waals surface area contributed by atoms with Crippen molar-refractivity contribution in [1.29, 1.82) is 0 Å². The molecule has 2 N–H and O–H groups in total. The van der Waals surface area contributed by atoms with Crippen molar-refractivity contribution in [3.8, 4) is 45.3 Å². The van der Waals surface area contributed by atoms with Gasteiger partial charge in [-0.05, 0) is 18.2 Å². The van der Waals surface area contributed by atoms with Crippen molar-refractivity contribution in [3.63, 3.8) is 0 Å². The number of carbonyl (C=O) groups excluding carboxylic acids is 4. The number of halogens is 6. The molecule has 1 unspecified atom stereocenters. The summed E-state index contributed by atoms with van der Waals surface area (Å²) in [6.07, 6.45) is 3.35. The van der Waals surface area contributed by atoms with Crippen LogP contribution in [0, 0.1) is 11.6 Å². The molecule has 62 heavy (non-hydrogen) atoms. The summed E-state index contributed by atoms with van der Waals surface area (Å²) in [5.41, 5.74) is 1.01. The van der Waals surface area contributed by atoms with Crippen LogP contribution in [0.15, 0.2) is 73.2 Å². The molecule has 0 saturated heterocycles. The summed E-state index contributed by atoms with van der Waals surface area (Å²) in [6, 6.07) is 10.6. The highest BCUT2D eigenvalue weighted by Gasteiger charge is 2.35. The third kappa shape index (κ3) is 8.24. The number of hydrogen-bond acceptors (Lipinski definition) is 12. The van der Waals surface area contributed by atoms with Gasteiger partial charge in [0.2, 0.25) is 11.6 Å². The number of hydrogen-bond donors (Lipinski definition) is 2. The van der Waals surface area contributed by atoms with Gasteiger partial charge in [-0.25, -0.2) is 38.7 Å². The largest absolute Gasteiger partial charge is 0.487 e. The Hall–Kier alpha value is -6.60. The van der Waals surface area contributed by atoms with E-state index < -0.39 is 47.3 Å². The molecule has 16 nitrogen and oxygen atoms in total. The minimum atomic E-state index is -1.26. The van der Waals surface area contributed by atoms with Crippen molar-refractivity contribution < 1.29 is 37.4 Å². The summed E-state index contributed by atoms with van der Waals surface area (Å²) in [5.74, 6) is -5.12. The fraction of sp³-hybridized carbons (Fsp3) is 0.150. The second kappa shape index (κ2) is 17.0. The van der Waals surface area contributed by atoms with Crippen LogP contribution >= 0.6 is 46.4 Å². The maximum atomic E-state index is 15.8. The van der Waals surface area contributed by atoms with E-state index >= 15 is 4.39 Å². The molecule has 0 spiro atoms. The van der Waals surface area contributed by atoms with E-state index in [4.69, 9.17) is 55.9 Å². The summed E-state index contributed by atoms with van der Waals surface area (Å²) in [5, 5.41) is 5.70. The van der Waals surface area contributed by atoms with Gasteiger partial charge in [0.05, 0.1) is 45.0 Å². The van der Waals surface area contributed by atoms with E-state index in [0.29, 0.717) is 10.6 Å². The van der Waals surface area contributed by atoms with Crippen LogP contribution in [0.3, 0.4) is 0 Å². The first-order chi connectivity index (χ1) is 29.7. The summed E-state index contributed by atoms with van der Waals surface area (Å²) in [6.45, 7) is -0.722. The van der Waals surface area contributed by atoms with Crippen molar-refractivity contribution in [1.82, 2.24) is 40.5 Å². The Bertz CT molecular complexity index is 2860. The highest BCUT2D eigenvalue weighted by Crippen LogP contribution is 2.38. The summed E-state index contributed by atoms with van der Waals surface area (Å²) in [7, 11) is 2.78. The lowest BCUT2D eigenvalue weighted by Gasteiger charge is -2.20. The van der Waals surface area contributed by atoms with E-state index in [9.17, 15) is 23.6 Å². The second-order valence-electron chi connectivity index (χ2n) is 13.6. The van der Waals surface area contributed by atoms with Crippen LogP contribution in [0.4, 0.5) is 20.4 Å². The van der Waals surface area contributed by atoms with Gasteiger partial charge in [-0.2, -0.15) is 0 Å². The average Bonchev–Trinajstić information content (AvgIpc) is 3.43. The number of rotatable bonds is 7. The molecule has 2 aromatic carbocycles. The van der Waals surface area contributed by atoms with E-state index in [1.165, 1.54) is 44.7 Å². The van der Waals surface area contributed by atoms with Crippen LogP contribution in [0.1, 0.15) is 21.2 Å². The monoisotopic (exact) mass is 920 g/mol. The molecule has 0 saturated carbocycles. The number of pyridine rings is 2. The number of amides is 4. The van der Waals surface area contributed by atoms with Crippen LogP contribution < -0.4 is 29.9 Å². The van der Waals surface area contributed by atoms with Crippen molar-refractivity contribution in [2.24, 2.45) is 0 Å². The lowest BCUT2D eigenvalue weighted by molar-refractivity contribution is -0.121. The minimum absolute atomic E-state index is 0.00537. The number of benzene rings is 2. The standard InChI is InChI=1S/C40H26Cl4F2N10O6/c1-55-35-28(10-20(45)12-49-35)61-15-26(39(55)59)50-38(58)34-48-14-24(44)32(53-34)21-7-6-18(9-22(21)42)31-25(46)11-29-36(54-31)56(2)40(60)27(16-62-29)51-37(57)33-47-13-23(43)30(52-33)17-4-3-5-19(41)8-17/h3-14,26-27H,15-16H2,1-2H3,(H,50,58)(H,51,57)/t26-,27?/m0/s1. The third-order valence-electron chi connectivity index (χ3n) is 9.53. The Labute approximate surface area is 369 Å². The predicted molar refractivity (Wildman–Crippen MR) is 223 cm³/mol. The Balaban J connectivity index is 0.991.